The molecule has 0 saturated carbocycles. The predicted octanol–water partition coefficient (Wildman–Crippen LogP) is 4.11. The Morgan fingerprint density at radius 1 is 0.789 bits per heavy atom. The average molecular weight is 266 g/mol. The van der Waals surface area contributed by atoms with Crippen molar-refractivity contribution in [3.8, 4) is 0 Å². The highest BCUT2D eigenvalue weighted by Gasteiger charge is 2.22. The lowest BCUT2D eigenvalue weighted by Crippen LogP contribution is -2.47. The molecule has 3 heteroatoms. The smallest absolute Gasteiger partial charge is 0.319 e. The minimum Gasteiger partial charge on any atom is -0.331 e. The molecule has 0 atom stereocenters. The third-order valence-electron chi connectivity index (χ3n) is 2.34. The summed E-state index contributed by atoms with van der Waals surface area (Å²) in [4.78, 5) is 14.6. The van der Waals surface area contributed by atoms with E-state index in [1.165, 1.54) is 0 Å². The van der Waals surface area contributed by atoms with E-state index >= 15 is 0 Å². The minimum absolute atomic E-state index is 0.0394. The van der Waals surface area contributed by atoms with Crippen LogP contribution < -0.4 is 0 Å². The van der Waals surface area contributed by atoms with E-state index in [1.807, 2.05) is 78.1 Å². The number of hydrogen-bond acceptors (Lipinski definition) is 1. The van der Waals surface area contributed by atoms with E-state index in [0.717, 1.165) is 0 Å². The molecule has 3 nitrogen and oxygen atoms in total. The van der Waals surface area contributed by atoms with Crippen LogP contribution in [0.5, 0.6) is 0 Å². The Kier molecular flexibility index (Phi) is 10.9. The zero-order valence-corrected chi connectivity index (χ0v) is 13.8. The second-order valence-electron chi connectivity index (χ2n) is 5.06. The van der Waals surface area contributed by atoms with Crippen LogP contribution in [0.4, 0.5) is 4.79 Å². The topological polar surface area (TPSA) is 23.6 Å². The van der Waals surface area contributed by atoms with Gasteiger partial charge in [-0.1, -0.05) is 50.2 Å². The lowest BCUT2D eigenvalue weighted by Gasteiger charge is -2.33. The van der Waals surface area contributed by atoms with Crippen LogP contribution in [0.3, 0.4) is 0 Å². The van der Waals surface area contributed by atoms with Gasteiger partial charge in [-0.25, -0.2) is 4.79 Å². The molecule has 0 aliphatic carbocycles. The molecule has 2 amide bonds. The van der Waals surface area contributed by atoms with Crippen LogP contribution in [0, 0.1) is 0 Å². The van der Waals surface area contributed by atoms with Crippen LogP contribution in [-0.2, 0) is 0 Å². The lowest BCUT2D eigenvalue weighted by atomic mass is 10.1. The van der Waals surface area contributed by atoms with E-state index in [-0.39, 0.29) is 11.6 Å². The third-order valence-corrected chi connectivity index (χ3v) is 2.34. The summed E-state index contributed by atoms with van der Waals surface area (Å²) < 4.78 is 0. The number of carbonyl (C=O) groups excluding carboxylic acids is 1. The molecule has 0 aliphatic heterocycles. The molecule has 1 rings (SSSR count). The number of amides is 2. The Morgan fingerprint density at radius 3 is 1.16 bits per heavy atom. The van der Waals surface area contributed by atoms with Gasteiger partial charge >= 0.3 is 6.03 Å². The van der Waals surface area contributed by atoms with E-state index in [0.29, 0.717) is 0 Å². The van der Waals surface area contributed by atoms with Crippen molar-refractivity contribution in [1.29, 1.82) is 0 Å². The zero-order valence-electron chi connectivity index (χ0n) is 13.8. The largest absolute Gasteiger partial charge is 0.331 e. The van der Waals surface area contributed by atoms with Crippen LogP contribution in [0.15, 0.2) is 36.4 Å². The number of carbonyl (C=O) groups is 1. The highest BCUT2D eigenvalue weighted by Crippen LogP contribution is 2.11. The molecule has 0 N–H and O–H groups in total. The molecule has 0 spiro atoms. The normalized spacial score (nSPS) is 9.26. The van der Waals surface area contributed by atoms with Gasteiger partial charge in [-0.05, 0) is 20.8 Å². The maximum absolute atomic E-state index is 11.3. The minimum atomic E-state index is -0.0959. The summed E-state index contributed by atoms with van der Waals surface area (Å²) in [5.74, 6) is 0. The summed E-state index contributed by atoms with van der Waals surface area (Å²) in [6.45, 7) is 10.0. The van der Waals surface area contributed by atoms with Crippen molar-refractivity contribution in [3.63, 3.8) is 0 Å². The SMILES string of the molecule is CC.CN(C)C(=O)N(C)C(C)(C)C.c1ccccc1. The van der Waals surface area contributed by atoms with Crippen LogP contribution in [-0.4, -0.2) is 42.5 Å². The lowest BCUT2D eigenvalue weighted by molar-refractivity contribution is 0.141. The van der Waals surface area contributed by atoms with Crippen molar-refractivity contribution >= 4 is 6.03 Å². The Morgan fingerprint density at radius 2 is 1.05 bits per heavy atom. The van der Waals surface area contributed by atoms with Crippen LogP contribution in [0.2, 0.25) is 0 Å². The molecule has 0 bridgehead atoms. The first-order valence-electron chi connectivity index (χ1n) is 6.72. The van der Waals surface area contributed by atoms with Gasteiger partial charge in [-0.15, -0.1) is 0 Å². The van der Waals surface area contributed by atoms with Gasteiger partial charge in [0.15, 0.2) is 0 Å². The van der Waals surface area contributed by atoms with Gasteiger partial charge in [-0.2, -0.15) is 0 Å². The highest BCUT2D eigenvalue weighted by atomic mass is 16.2. The fourth-order valence-corrected chi connectivity index (χ4v) is 0.972. The summed E-state index contributed by atoms with van der Waals surface area (Å²) in [7, 11) is 5.32. The molecule has 0 fully saturated rings. The highest BCUT2D eigenvalue weighted by molar-refractivity contribution is 5.74. The van der Waals surface area contributed by atoms with Crippen molar-refractivity contribution in [2.75, 3.05) is 21.1 Å². The van der Waals surface area contributed by atoms with E-state index in [2.05, 4.69) is 0 Å². The molecule has 0 aromatic heterocycles. The molecule has 19 heavy (non-hydrogen) atoms. The van der Waals surface area contributed by atoms with Crippen molar-refractivity contribution in [2.45, 2.75) is 40.2 Å². The van der Waals surface area contributed by atoms with E-state index < -0.39 is 0 Å². The molecule has 1 aromatic carbocycles. The Hall–Kier alpha value is -1.51. The van der Waals surface area contributed by atoms with E-state index in [1.54, 1.807) is 23.9 Å². The quantitative estimate of drug-likeness (QED) is 0.693. The van der Waals surface area contributed by atoms with Crippen LogP contribution in [0.1, 0.15) is 34.6 Å². The number of urea groups is 1. The maximum Gasteiger partial charge on any atom is 0.319 e. The molecule has 1 aromatic rings. The van der Waals surface area contributed by atoms with Gasteiger partial charge in [0, 0.05) is 26.7 Å². The number of rotatable bonds is 0. The Balaban J connectivity index is 0. The monoisotopic (exact) mass is 266 g/mol. The Bertz CT molecular complexity index is 289. The van der Waals surface area contributed by atoms with Gasteiger partial charge in [0.05, 0.1) is 0 Å². The fourth-order valence-electron chi connectivity index (χ4n) is 0.972. The van der Waals surface area contributed by atoms with Crippen LogP contribution in [0.25, 0.3) is 0 Å². The first-order chi connectivity index (χ1) is 8.76. The van der Waals surface area contributed by atoms with Crippen molar-refractivity contribution in [3.05, 3.63) is 36.4 Å². The predicted molar refractivity (Wildman–Crippen MR) is 84.4 cm³/mol. The first-order valence-corrected chi connectivity index (χ1v) is 6.72. The number of benzene rings is 1. The first kappa shape index (κ1) is 19.8. The molecule has 110 valence electrons. The summed E-state index contributed by atoms with van der Waals surface area (Å²) >= 11 is 0. The van der Waals surface area contributed by atoms with Crippen molar-refractivity contribution in [1.82, 2.24) is 9.80 Å². The summed E-state index contributed by atoms with van der Waals surface area (Å²) in [5.41, 5.74) is -0.0959. The molecular formula is C16H30N2O. The molecule has 0 unspecified atom stereocenters. The standard InChI is InChI=1S/C8H18N2O.C6H6.C2H6/c1-8(2,3)10(6)7(11)9(4)5;1-2-4-6-5-3-1;1-2/h1-6H3;1-6H;1-2H3. The molecule has 0 aliphatic rings. The number of nitrogens with zero attached hydrogens (tertiary/aromatic N) is 2. The van der Waals surface area contributed by atoms with E-state index in [9.17, 15) is 4.79 Å². The summed E-state index contributed by atoms with van der Waals surface area (Å²) in [6.07, 6.45) is 0. The third kappa shape index (κ3) is 10.1. The molecule has 0 radical (unpaired) electrons. The van der Waals surface area contributed by atoms with Gasteiger partial charge < -0.3 is 9.80 Å². The van der Waals surface area contributed by atoms with Crippen molar-refractivity contribution < 1.29 is 4.79 Å². The molecule has 0 saturated heterocycles. The average Bonchev–Trinajstić information content (AvgIpc) is 2.41. The van der Waals surface area contributed by atoms with Crippen LogP contribution >= 0.6 is 0 Å². The second-order valence-corrected chi connectivity index (χ2v) is 5.06. The van der Waals surface area contributed by atoms with Gasteiger partial charge in [0.2, 0.25) is 0 Å². The Labute approximate surface area is 119 Å². The number of hydrogen-bond donors (Lipinski definition) is 0. The maximum atomic E-state index is 11.3. The van der Waals surface area contributed by atoms with Gasteiger partial charge in [0.25, 0.3) is 0 Å². The second kappa shape index (κ2) is 10.4. The van der Waals surface area contributed by atoms with Crippen molar-refractivity contribution in [2.24, 2.45) is 0 Å². The molecule has 0 heterocycles. The van der Waals surface area contributed by atoms with E-state index in [4.69, 9.17) is 0 Å². The fraction of sp³-hybridized carbons (Fsp3) is 0.562. The summed E-state index contributed by atoms with van der Waals surface area (Å²) in [6, 6.07) is 12.0. The molecular weight excluding hydrogens is 236 g/mol. The van der Waals surface area contributed by atoms with Gasteiger partial charge in [0.1, 0.15) is 0 Å². The summed E-state index contributed by atoms with van der Waals surface area (Å²) in [5, 5.41) is 0. The zero-order chi connectivity index (χ0) is 15.5. The van der Waals surface area contributed by atoms with Gasteiger partial charge in [-0.3, -0.25) is 0 Å².